The van der Waals surface area contributed by atoms with E-state index in [4.69, 9.17) is 0 Å². The average molecular weight is 340 g/mol. The number of benzene rings is 2. The number of thiol groups is 1. The van der Waals surface area contributed by atoms with Gasteiger partial charge in [-0.25, -0.2) is 0 Å². The number of aliphatic imine (C=N–C) groups is 2. The Kier molecular flexibility index (Phi) is 7.07. The van der Waals surface area contributed by atoms with Crippen LogP contribution in [0.25, 0.3) is 0 Å². The molecule has 0 unspecified atom stereocenters. The fourth-order valence-corrected chi connectivity index (χ4v) is 2.61. The van der Waals surface area contributed by atoms with Crippen molar-refractivity contribution in [2.75, 3.05) is 14.1 Å². The highest BCUT2D eigenvalue weighted by Crippen LogP contribution is 2.11. The van der Waals surface area contributed by atoms with Gasteiger partial charge in [-0.3, -0.25) is 9.98 Å². The minimum Gasteiger partial charge on any atom is -0.325 e. The zero-order chi connectivity index (χ0) is 17.4. The fourth-order valence-electron chi connectivity index (χ4n) is 2.46. The second kappa shape index (κ2) is 9.28. The number of amidine groups is 2. The van der Waals surface area contributed by atoms with E-state index in [1.165, 1.54) is 18.4 Å². The molecule has 0 spiro atoms. The molecule has 0 aliphatic heterocycles. The van der Waals surface area contributed by atoms with E-state index in [1.807, 2.05) is 24.3 Å². The molecule has 0 bridgehead atoms. The minimum atomic E-state index is 0.791. The fraction of sp³-hybridized carbons (Fsp3) is 0.300. The lowest BCUT2D eigenvalue weighted by atomic mass is 10.1. The number of nitrogens with zero attached hydrogens (tertiary/aromatic N) is 2. The summed E-state index contributed by atoms with van der Waals surface area (Å²) in [6.45, 7) is 2.21. The van der Waals surface area contributed by atoms with Crippen LogP contribution in [0.1, 0.15) is 36.5 Å². The third-order valence-corrected chi connectivity index (χ3v) is 4.17. The standard InChI is InChI=1S/C20H25N3S/c1-4-5-6-15-7-9-16(10-8-15)19(21-2)23-20(22-3)17-11-13-18(24)14-12-17/h7-14,24H,4-6H2,1-3H3,(H,21,22,23). The Bertz CT molecular complexity index is 701. The van der Waals surface area contributed by atoms with Gasteiger partial charge in [-0.15, -0.1) is 12.6 Å². The summed E-state index contributed by atoms with van der Waals surface area (Å²) in [5.74, 6) is 1.60. The summed E-state index contributed by atoms with van der Waals surface area (Å²) >= 11 is 4.32. The molecule has 4 heteroatoms. The van der Waals surface area contributed by atoms with Crippen molar-refractivity contribution in [3.05, 3.63) is 65.2 Å². The van der Waals surface area contributed by atoms with Gasteiger partial charge < -0.3 is 5.32 Å². The molecule has 2 aromatic carbocycles. The van der Waals surface area contributed by atoms with E-state index < -0.39 is 0 Å². The largest absolute Gasteiger partial charge is 0.325 e. The zero-order valence-corrected chi connectivity index (χ0v) is 15.5. The highest BCUT2D eigenvalue weighted by Gasteiger charge is 2.08. The van der Waals surface area contributed by atoms with Crippen LogP contribution in [0.5, 0.6) is 0 Å². The Morgan fingerprint density at radius 1 is 0.875 bits per heavy atom. The summed E-state index contributed by atoms with van der Waals surface area (Å²) in [4.78, 5) is 9.68. The predicted molar refractivity (Wildman–Crippen MR) is 107 cm³/mol. The normalized spacial score (nSPS) is 12.3. The van der Waals surface area contributed by atoms with Crippen LogP contribution in [0, 0.1) is 0 Å². The molecular weight excluding hydrogens is 314 g/mol. The van der Waals surface area contributed by atoms with Crippen LogP contribution >= 0.6 is 12.6 Å². The third-order valence-electron chi connectivity index (χ3n) is 3.87. The molecule has 2 aromatic rings. The van der Waals surface area contributed by atoms with Crippen LogP contribution in [0.2, 0.25) is 0 Å². The lowest BCUT2D eigenvalue weighted by molar-refractivity contribution is 0.795. The number of unbranched alkanes of at least 4 members (excludes halogenated alkanes) is 1. The predicted octanol–water partition coefficient (Wildman–Crippen LogP) is 4.36. The highest BCUT2D eigenvalue weighted by molar-refractivity contribution is 7.80. The molecule has 0 radical (unpaired) electrons. The van der Waals surface area contributed by atoms with E-state index in [9.17, 15) is 0 Å². The van der Waals surface area contributed by atoms with Crippen molar-refractivity contribution in [1.82, 2.24) is 5.32 Å². The lowest BCUT2D eigenvalue weighted by Gasteiger charge is -2.13. The van der Waals surface area contributed by atoms with Crippen molar-refractivity contribution in [3.8, 4) is 0 Å². The van der Waals surface area contributed by atoms with Gasteiger partial charge in [0.25, 0.3) is 0 Å². The number of aryl methyl sites for hydroxylation is 1. The highest BCUT2D eigenvalue weighted by atomic mass is 32.1. The maximum Gasteiger partial charge on any atom is 0.133 e. The Labute approximate surface area is 150 Å². The van der Waals surface area contributed by atoms with Crippen LogP contribution in [-0.2, 0) is 6.42 Å². The van der Waals surface area contributed by atoms with Gasteiger partial charge in [-0.05, 0) is 30.5 Å². The Morgan fingerprint density at radius 2 is 1.38 bits per heavy atom. The molecule has 0 amide bonds. The number of hydrogen-bond donors (Lipinski definition) is 2. The third kappa shape index (κ3) is 4.96. The number of nitrogens with one attached hydrogen (secondary N) is 1. The van der Waals surface area contributed by atoms with Crippen molar-refractivity contribution in [3.63, 3.8) is 0 Å². The van der Waals surface area contributed by atoms with E-state index in [-0.39, 0.29) is 0 Å². The van der Waals surface area contributed by atoms with Gasteiger partial charge in [0.05, 0.1) is 0 Å². The van der Waals surface area contributed by atoms with Gasteiger partial charge in [0.2, 0.25) is 0 Å². The lowest BCUT2D eigenvalue weighted by Crippen LogP contribution is -2.32. The molecule has 0 aliphatic carbocycles. The molecule has 0 aromatic heterocycles. The summed E-state index contributed by atoms with van der Waals surface area (Å²) in [7, 11) is 3.56. The summed E-state index contributed by atoms with van der Waals surface area (Å²) in [5.41, 5.74) is 3.44. The topological polar surface area (TPSA) is 36.8 Å². The van der Waals surface area contributed by atoms with Crippen molar-refractivity contribution < 1.29 is 0 Å². The summed E-state index contributed by atoms with van der Waals surface area (Å²) in [5, 5.41) is 3.34. The average Bonchev–Trinajstić information content (AvgIpc) is 2.63. The van der Waals surface area contributed by atoms with Gasteiger partial charge in [0.15, 0.2) is 0 Å². The van der Waals surface area contributed by atoms with Gasteiger partial charge in [0, 0.05) is 30.1 Å². The molecule has 1 N–H and O–H groups in total. The molecule has 24 heavy (non-hydrogen) atoms. The number of hydrogen-bond acceptors (Lipinski definition) is 3. The van der Waals surface area contributed by atoms with E-state index in [0.717, 1.165) is 34.1 Å². The Morgan fingerprint density at radius 3 is 1.83 bits per heavy atom. The molecule has 0 saturated carbocycles. The van der Waals surface area contributed by atoms with E-state index in [2.05, 4.69) is 59.1 Å². The maximum atomic E-state index is 4.39. The molecule has 2 rings (SSSR count). The molecule has 0 aliphatic rings. The molecule has 126 valence electrons. The van der Waals surface area contributed by atoms with Gasteiger partial charge in [0.1, 0.15) is 11.7 Å². The van der Waals surface area contributed by atoms with E-state index in [0.29, 0.717) is 0 Å². The van der Waals surface area contributed by atoms with Crippen molar-refractivity contribution in [1.29, 1.82) is 0 Å². The van der Waals surface area contributed by atoms with E-state index in [1.54, 1.807) is 14.1 Å². The Hall–Kier alpha value is -2.07. The number of rotatable bonds is 5. The second-order valence-corrected chi connectivity index (χ2v) is 6.13. The zero-order valence-electron chi connectivity index (χ0n) is 14.6. The summed E-state index contributed by atoms with van der Waals surface area (Å²) in [6.07, 6.45) is 3.56. The minimum absolute atomic E-state index is 0.791. The Balaban J connectivity index is 2.14. The first-order chi connectivity index (χ1) is 11.7. The van der Waals surface area contributed by atoms with Gasteiger partial charge >= 0.3 is 0 Å². The first-order valence-corrected chi connectivity index (χ1v) is 8.72. The molecule has 0 heterocycles. The van der Waals surface area contributed by atoms with Crippen LogP contribution in [0.3, 0.4) is 0 Å². The van der Waals surface area contributed by atoms with Gasteiger partial charge in [-0.2, -0.15) is 0 Å². The van der Waals surface area contributed by atoms with Gasteiger partial charge in [-0.1, -0.05) is 49.7 Å². The van der Waals surface area contributed by atoms with Crippen molar-refractivity contribution >= 4 is 24.3 Å². The monoisotopic (exact) mass is 339 g/mol. The van der Waals surface area contributed by atoms with Crippen LogP contribution < -0.4 is 5.32 Å². The summed E-state index contributed by atoms with van der Waals surface area (Å²) in [6, 6.07) is 16.5. The van der Waals surface area contributed by atoms with Crippen LogP contribution in [-0.4, -0.2) is 25.8 Å². The molecular formula is C20H25N3S. The van der Waals surface area contributed by atoms with E-state index >= 15 is 0 Å². The SMILES string of the molecule is CCCCc1ccc(C(=NC)NC(=NC)c2ccc(S)cc2)cc1. The van der Waals surface area contributed by atoms with Crippen LogP contribution in [0.15, 0.2) is 63.4 Å². The quantitative estimate of drug-likeness (QED) is 0.474. The molecule has 3 nitrogen and oxygen atoms in total. The maximum absolute atomic E-state index is 4.39. The van der Waals surface area contributed by atoms with Crippen molar-refractivity contribution in [2.45, 2.75) is 31.1 Å². The smallest absolute Gasteiger partial charge is 0.133 e. The second-order valence-electron chi connectivity index (χ2n) is 5.62. The molecule has 0 saturated heterocycles. The molecule has 0 atom stereocenters. The molecule has 0 fully saturated rings. The first-order valence-electron chi connectivity index (χ1n) is 8.27. The van der Waals surface area contributed by atoms with Crippen molar-refractivity contribution in [2.24, 2.45) is 9.98 Å². The van der Waals surface area contributed by atoms with Crippen LogP contribution in [0.4, 0.5) is 0 Å². The summed E-state index contributed by atoms with van der Waals surface area (Å²) < 4.78 is 0. The first kappa shape index (κ1) is 18.3.